The highest BCUT2D eigenvalue weighted by Gasteiger charge is 2.42. The van der Waals surface area contributed by atoms with E-state index in [9.17, 15) is 18.4 Å². The van der Waals surface area contributed by atoms with Crippen molar-refractivity contribution in [3.8, 4) is 0 Å². The fraction of sp³-hybridized carbons (Fsp3) is 1.00. The standard InChI is InChI=1S/C8H13F3NO2/c1-7(2)4-3-6(12(7)13)14-5-8(9,10)11/h6H,3-5H2,1-2H3. The van der Waals surface area contributed by atoms with Gasteiger partial charge in [0.25, 0.3) is 0 Å². The number of alkyl halides is 3. The average molecular weight is 212 g/mol. The van der Waals surface area contributed by atoms with Crippen molar-refractivity contribution in [1.82, 2.24) is 5.06 Å². The van der Waals surface area contributed by atoms with Crippen LogP contribution in [-0.4, -0.2) is 29.6 Å². The maximum atomic E-state index is 11.8. The van der Waals surface area contributed by atoms with Gasteiger partial charge in [-0.1, -0.05) is 0 Å². The van der Waals surface area contributed by atoms with Gasteiger partial charge in [0.1, 0.15) is 12.8 Å². The lowest BCUT2D eigenvalue weighted by Crippen LogP contribution is -2.41. The molecule has 83 valence electrons. The fourth-order valence-electron chi connectivity index (χ4n) is 1.44. The van der Waals surface area contributed by atoms with E-state index in [1.54, 1.807) is 13.8 Å². The third-order valence-corrected chi connectivity index (χ3v) is 2.30. The Labute approximate surface area is 80.4 Å². The molecule has 6 heteroatoms. The zero-order chi connectivity index (χ0) is 11.0. The molecule has 1 rings (SSSR count). The Morgan fingerprint density at radius 1 is 1.50 bits per heavy atom. The number of hydrogen-bond acceptors (Lipinski definition) is 2. The van der Waals surface area contributed by atoms with Gasteiger partial charge < -0.3 is 4.74 Å². The maximum absolute atomic E-state index is 11.8. The zero-order valence-corrected chi connectivity index (χ0v) is 8.10. The average Bonchev–Trinajstić information content (AvgIpc) is 2.24. The van der Waals surface area contributed by atoms with Crippen molar-refractivity contribution in [3.63, 3.8) is 0 Å². The summed E-state index contributed by atoms with van der Waals surface area (Å²) in [6.07, 6.45) is -4.41. The Kier molecular flexibility index (Phi) is 3.08. The highest BCUT2D eigenvalue weighted by Crippen LogP contribution is 2.33. The molecule has 1 aliphatic rings. The smallest absolute Gasteiger partial charge is 0.351 e. The molecule has 1 aliphatic heterocycles. The summed E-state index contributed by atoms with van der Waals surface area (Å²) in [6, 6.07) is 0. The van der Waals surface area contributed by atoms with Crippen LogP contribution in [-0.2, 0) is 9.94 Å². The molecule has 1 radical (unpaired) electrons. The van der Waals surface area contributed by atoms with Crippen LogP contribution in [0.2, 0.25) is 0 Å². The first-order valence-corrected chi connectivity index (χ1v) is 4.37. The Hall–Kier alpha value is -0.330. The molecule has 0 aromatic rings. The van der Waals surface area contributed by atoms with Gasteiger partial charge in [0, 0.05) is 5.54 Å². The molecule has 1 fully saturated rings. The highest BCUT2D eigenvalue weighted by atomic mass is 19.4. The third kappa shape index (κ3) is 2.83. The van der Waals surface area contributed by atoms with Crippen LogP contribution in [0.25, 0.3) is 0 Å². The molecule has 1 saturated heterocycles. The summed E-state index contributed by atoms with van der Waals surface area (Å²) in [6.45, 7) is 2.03. The second kappa shape index (κ2) is 3.67. The Balaban J connectivity index is 2.41. The minimum absolute atomic E-state index is 0.354. The van der Waals surface area contributed by atoms with Crippen LogP contribution >= 0.6 is 0 Å². The SMILES string of the molecule is CC1(C)CCC(OCC(F)(F)F)N1[O]. The van der Waals surface area contributed by atoms with Gasteiger partial charge in [0.05, 0.1) is 0 Å². The van der Waals surface area contributed by atoms with E-state index in [1.807, 2.05) is 0 Å². The summed E-state index contributed by atoms with van der Waals surface area (Å²) in [5.41, 5.74) is -0.615. The second-order valence-electron chi connectivity index (χ2n) is 4.06. The molecule has 1 atom stereocenters. The van der Waals surface area contributed by atoms with Crippen LogP contribution in [0.1, 0.15) is 26.7 Å². The van der Waals surface area contributed by atoms with Crippen molar-refractivity contribution in [1.29, 1.82) is 0 Å². The van der Waals surface area contributed by atoms with E-state index in [-0.39, 0.29) is 0 Å². The molecule has 1 heterocycles. The normalized spacial score (nSPS) is 28.3. The first-order chi connectivity index (χ1) is 6.22. The van der Waals surface area contributed by atoms with E-state index < -0.39 is 24.6 Å². The lowest BCUT2D eigenvalue weighted by atomic mass is 10.0. The second-order valence-corrected chi connectivity index (χ2v) is 4.06. The monoisotopic (exact) mass is 212 g/mol. The molecular formula is C8H13F3NO2. The van der Waals surface area contributed by atoms with E-state index in [0.29, 0.717) is 17.9 Å². The first kappa shape index (κ1) is 11.7. The summed E-state index contributed by atoms with van der Waals surface area (Å²) in [7, 11) is 0. The Morgan fingerprint density at radius 3 is 2.43 bits per heavy atom. The minimum atomic E-state index is -4.37. The van der Waals surface area contributed by atoms with Crippen LogP contribution < -0.4 is 0 Å². The topological polar surface area (TPSA) is 32.4 Å². The van der Waals surface area contributed by atoms with E-state index in [0.717, 1.165) is 0 Å². The van der Waals surface area contributed by atoms with E-state index in [1.165, 1.54) is 0 Å². The minimum Gasteiger partial charge on any atom is -0.351 e. The predicted octanol–water partition coefficient (Wildman–Crippen LogP) is 2.11. The number of nitrogens with zero attached hydrogens (tertiary/aromatic N) is 1. The Bertz CT molecular complexity index is 205. The molecule has 0 bridgehead atoms. The number of hydroxylamine groups is 2. The van der Waals surface area contributed by atoms with Crippen molar-refractivity contribution in [2.75, 3.05) is 6.61 Å². The molecular weight excluding hydrogens is 199 g/mol. The molecule has 0 aliphatic carbocycles. The molecule has 0 amide bonds. The van der Waals surface area contributed by atoms with Crippen LogP contribution in [0.3, 0.4) is 0 Å². The zero-order valence-electron chi connectivity index (χ0n) is 8.10. The van der Waals surface area contributed by atoms with Crippen LogP contribution in [0.5, 0.6) is 0 Å². The lowest BCUT2D eigenvalue weighted by Gasteiger charge is -2.26. The molecule has 0 saturated carbocycles. The molecule has 0 N–H and O–H groups in total. The van der Waals surface area contributed by atoms with E-state index >= 15 is 0 Å². The van der Waals surface area contributed by atoms with E-state index in [4.69, 9.17) is 0 Å². The van der Waals surface area contributed by atoms with E-state index in [2.05, 4.69) is 4.74 Å². The molecule has 1 unspecified atom stereocenters. The largest absolute Gasteiger partial charge is 0.411 e. The lowest BCUT2D eigenvalue weighted by molar-refractivity contribution is -0.294. The van der Waals surface area contributed by atoms with Gasteiger partial charge in [-0.15, -0.1) is 10.3 Å². The number of hydrogen-bond donors (Lipinski definition) is 0. The van der Waals surface area contributed by atoms with Crippen molar-refractivity contribution in [2.24, 2.45) is 0 Å². The van der Waals surface area contributed by atoms with Crippen LogP contribution in [0.4, 0.5) is 13.2 Å². The maximum Gasteiger partial charge on any atom is 0.411 e. The van der Waals surface area contributed by atoms with Crippen molar-refractivity contribution < 1.29 is 23.1 Å². The summed E-state index contributed by atoms with van der Waals surface area (Å²) in [5, 5.41) is 12.0. The third-order valence-electron chi connectivity index (χ3n) is 2.30. The first-order valence-electron chi connectivity index (χ1n) is 4.37. The van der Waals surface area contributed by atoms with Gasteiger partial charge in [-0.3, -0.25) is 0 Å². The van der Waals surface area contributed by atoms with Gasteiger partial charge in [0.15, 0.2) is 0 Å². The van der Waals surface area contributed by atoms with Crippen molar-refractivity contribution >= 4 is 0 Å². The van der Waals surface area contributed by atoms with Gasteiger partial charge in [0.2, 0.25) is 0 Å². The summed E-state index contributed by atoms with van der Waals surface area (Å²) in [5.74, 6) is 0. The summed E-state index contributed by atoms with van der Waals surface area (Å²) >= 11 is 0. The molecule has 0 aromatic carbocycles. The van der Waals surface area contributed by atoms with Crippen molar-refractivity contribution in [2.45, 2.75) is 44.6 Å². The quantitative estimate of drug-likeness (QED) is 0.702. The highest BCUT2D eigenvalue weighted by molar-refractivity contribution is 4.85. The van der Waals surface area contributed by atoms with Gasteiger partial charge in [-0.25, -0.2) is 0 Å². The molecule has 14 heavy (non-hydrogen) atoms. The number of rotatable bonds is 2. The predicted molar refractivity (Wildman–Crippen MR) is 41.6 cm³/mol. The van der Waals surface area contributed by atoms with Gasteiger partial charge >= 0.3 is 6.18 Å². The number of halogens is 3. The molecule has 0 spiro atoms. The Morgan fingerprint density at radius 2 is 2.07 bits per heavy atom. The van der Waals surface area contributed by atoms with Crippen LogP contribution in [0.15, 0.2) is 0 Å². The molecule has 0 aromatic heterocycles. The fourth-order valence-corrected chi connectivity index (χ4v) is 1.44. The summed E-state index contributed by atoms with van der Waals surface area (Å²) in [4.78, 5) is 0. The van der Waals surface area contributed by atoms with Gasteiger partial charge in [-0.05, 0) is 26.7 Å². The molecule has 3 nitrogen and oxygen atoms in total. The number of ether oxygens (including phenoxy) is 1. The van der Waals surface area contributed by atoms with Crippen LogP contribution in [0, 0.1) is 0 Å². The van der Waals surface area contributed by atoms with Gasteiger partial charge in [-0.2, -0.15) is 13.2 Å². The summed E-state index contributed by atoms with van der Waals surface area (Å²) < 4.78 is 39.9. The van der Waals surface area contributed by atoms with Crippen molar-refractivity contribution in [3.05, 3.63) is 0 Å².